The van der Waals surface area contributed by atoms with Crippen LogP contribution in [0.1, 0.15) is 19.3 Å². The third kappa shape index (κ3) is 4.14. The van der Waals surface area contributed by atoms with Gasteiger partial charge >= 0.3 is 5.97 Å². The smallest absolute Gasteiger partial charge is 0.310 e. The molecule has 0 aromatic carbocycles. The van der Waals surface area contributed by atoms with Crippen molar-refractivity contribution >= 4 is 27.8 Å². The maximum atomic E-state index is 12.5. The lowest BCUT2D eigenvalue weighted by Crippen LogP contribution is -2.48. The van der Waals surface area contributed by atoms with Gasteiger partial charge in [0, 0.05) is 0 Å². The maximum Gasteiger partial charge on any atom is 0.310 e. The molecule has 2 amide bonds. The fourth-order valence-corrected chi connectivity index (χ4v) is 4.60. The van der Waals surface area contributed by atoms with Crippen LogP contribution >= 0.6 is 0 Å². The first kappa shape index (κ1) is 17.4. The first-order chi connectivity index (χ1) is 9.70. The van der Waals surface area contributed by atoms with E-state index in [0.717, 1.165) is 0 Å². The second-order valence-electron chi connectivity index (χ2n) is 4.84. The van der Waals surface area contributed by atoms with Crippen LogP contribution in [0.15, 0.2) is 0 Å². The number of sulfonamides is 1. The molecule has 0 spiro atoms. The number of primary amides is 2. The zero-order valence-electron chi connectivity index (χ0n) is 11.6. The van der Waals surface area contributed by atoms with Crippen LogP contribution in [0, 0.1) is 5.92 Å². The van der Waals surface area contributed by atoms with E-state index < -0.39 is 52.1 Å². The lowest BCUT2D eigenvalue weighted by atomic mass is 10.1. The predicted molar refractivity (Wildman–Crippen MR) is 72.0 cm³/mol. The minimum Gasteiger partial charge on any atom is -0.469 e. The number of esters is 1. The summed E-state index contributed by atoms with van der Waals surface area (Å²) in [7, 11) is -2.89. The second-order valence-corrected chi connectivity index (χ2v) is 7.00. The molecule has 1 aliphatic rings. The summed E-state index contributed by atoms with van der Waals surface area (Å²) in [4.78, 5) is 33.6. The quantitative estimate of drug-likeness (QED) is 0.514. The second kappa shape index (κ2) is 6.85. The molecule has 0 aliphatic heterocycles. The first-order valence-electron chi connectivity index (χ1n) is 6.33. The van der Waals surface area contributed by atoms with Crippen LogP contribution in [0.4, 0.5) is 0 Å². The van der Waals surface area contributed by atoms with Gasteiger partial charge in [0.05, 0.1) is 31.4 Å². The van der Waals surface area contributed by atoms with Crippen LogP contribution in [0.25, 0.3) is 0 Å². The minimum atomic E-state index is -4.06. The highest BCUT2D eigenvalue weighted by atomic mass is 32.2. The largest absolute Gasteiger partial charge is 0.469 e. The summed E-state index contributed by atoms with van der Waals surface area (Å²) in [5.41, 5.74) is 9.99. The van der Waals surface area contributed by atoms with Crippen LogP contribution in [0.5, 0.6) is 0 Å². The number of hydrogen-bond donors (Lipinski definition) is 2. The Balaban J connectivity index is 3.06. The van der Waals surface area contributed by atoms with Crippen molar-refractivity contribution in [1.29, 1.82) is 0 Å². The van der Waals surface area contributed by atoms with E-state index in [0.29, 0.717) is 17.1 Å². The van der Waals surface area contributed by atoms with E-state index >= 15 is 0 Å². The van der Waals surface area contributed by atoms with Crippen molar-refractivity contribution in [3.8, 4) is 0 Å². The Morgan fingerprint density at radius 3 is 2.10 bits per heavy atom. The molecular weight excluding hydrogens is 302 g/mol. The summed E-state index contributed by atoms with van der Waals surface area (Å²) in [6.45, 7) is -1.31. The number of carbonyl (C=O) groups excluding carboxylic acids is 3. The topological polar surface area (TPSA) is 150 Å². The molecule has 0 aromatic rings. The number of carbonyl (C=O) groups is 3. The molecule has 4 N–H and O–H groups in total. The van der Waals surface area contributed by atoms with Gasteiger partial charge in [-0.05, 0) is 12.8 Å². The molecule has 9 nitrogen and oxygen atoms in total. The van der Waals surface area contributed by atoms with E-state index in [1.807, 2.05) is 0 Å². The number of nitrogens with two attached hydrogens (primary N) is 2. The summed E-state index contributed by atoms with van der Waals surface area (Å²) in [6.07, 6.45) is 1.15. The number of nitrogens with zero attached hydrogens (tertiary/aromatic N) is 1. The van der Waals surface area contributed by atoms with Gasteiger partial charge in [-0.3, -0.25) is 14.4 Å². The summed E-state index contributed by atoms with van der Waals surface area (Å²) >= 11 is 0. The molecule has 0 aromatic heterocycles. The van der Waals surface area contributed by atoms with Crippen LogP contribution in [-0.4, -0.2) is 56.0 Å². The number of amides is 2. The molecule has 1 rings (SSSR count). The van der Waals surface area contributed by atoms with Gasteiger partial charge in [-0.1, -0.05) is 6.42 Å². The Morgan fingerprint density at radius 2 is 1.67 bits per heavy atom. The van der Waals surface area contributed by atoms with Crippen molar-refractivity contribution < 1.29 is 27.5 Å². The Hall–Kier alpha value is -1.68. The van der Waals surface area contributed by atoms with E-state index in [1.54, 1.807) is 0 Å². The van der Waals surface area contributed by atoms with E-state index in [2.05, 4.69) is 4.74 Å². The van der Waals surface area contributed by atoms with E-state index in [9.17, 15) is 22.8 Å². The van der Waals surface area contributed by atoms with Crippen molar-refractivity contribution in [1.82, 2.24) is 4.31 Å². The Labute approximate surface area is 122 Å². The molecule has 0 bridgehead atoms. The fourth-order valence-electron chi connectivity index (χ4n) is 2.48. The third-order valence-corrected chi connectivity index (χ3v) is 5.67. The van der Waals surface area contributed by atoms with Gasteiger partial charge in [0.25, 0.3) is 0 Å². The fraction of sp³-hybridized carbons (Fsp3) is 0.727. The number of hydrogen-bond acceptors (Lipinski definition) is 6. The van der Waals surface area contributed by atoms with Crippen molar-refractivity contribution in [3.05, 3.63) is 0 Å². The summed E-state index contributed by atoms with van der Waals surface area (Å²) in [5, 5.41) is -1.04. The molecule has 1 aliphatic carbocycles. The van der Waals surface area contributed by atoms with E-state index in [4.69, 9.17) is 11.5 Å². The first-order valence-corrected chi connectivity index (χ1v) is 7.83. The standard InChI is InChI=1S/C11H19N3O6S/c1-20-11(17)7-3-2-4-8(7)21(18,19)14(5-9(12)15)6-10(13)16/h7-8H,2-6H2,1H3,(H2,12,15)(H2,13,16). The minimum absolute atomic E-state index is 0.246. The highest BCUT2D eigenvalue weighted by molar-refractivity contribution is 7.89. The third-order valence-electron chi connectivity index (χ3n) is 3.36. The number of methoxy groups -OCH3 is 1. The van der Waals surface area contributed by atoms with Gasteiger partial charge in [0.1, 0.15) is 0 Å². The zero-order valence-corrected chi connectivity index (χ0v) is 12.5. The lowest BCUT2D eigenvalue weighted by molar-refractivity contribution is -0.145. The summed E-state index contributed by atoms with van der Waals surface area (Å²) in [6, 6.07) is 0. The van der Waals surface area contributed by atoms with Gasteiger partial charge in [0.15, 0.2) is 0 Å². The zero-order chi connectivity index (χ0) is 16.2. The molecule has 2 atom stereocenters. The van der Waals surface area contributed by atoms with Crippen LogP contribution in [-0.2, 0) is 29.1 Å². The van der Waals surface area contributed by atoms with Gasteiger partial charge in [0.2, 0.25) is 21.8 Å². The summed E-state index contributed by atoms with van der Waals surface area (Å²) < 4.78 is 30.3. The van der Waals surface area contributed by atoms with Crippen molar-refractivity contribution in [2.75, 3.05) is 20.2 Å². The predicted octanol–water partition coefficient (Wildman–Crippen LogP) is -2.07. The van der Waals surface area contributed by atoms with Crippen LogP contribution in [0.2, 0.25) is 0 Å². The van der Waals surface area contributed by atoms with Crippen molar-refractivity contribution in [2.24, 2.45) is 17.4 Å². The molecule has 0 saturated heterocycles. The van der Waals surface area contributed by atoms with Crippen LogP contribution in [0.3, 0.4) is 0 Å². The SMILES string of the molecule is COC(=O)C1CCCC1S(=O)(=O)N(CC(N)=O)CC(N)=O. The van der Waals surface area contributed by atoms with Crippen LogP contribution < -0.4 is 11.5 Å². The average molecular weight is 321 g/mol. The molecule has 10 heteroatoms. The normalized spacial score (nSPS) is 22.2. The summed E-state index contributed by atoms with van der Waals surface area (Å²) in [5.74, 6) is -3.26. The van der Waals surface area contributed by atoms with Gasteiger partial charge in [-0.15, -0.1) is 0 Å². The van der Waals surface area contributed by atoms with Gasteiger partial charge in [-0.25, -0.2) is 8.42 Å². The van der Waals surface area contributed by atoms with Crippen molar-refractivity contribution in [2.45, 2.75) is 24.5 Å². The molecule has 120 valence electrons. The molecule has 2 unspecified atom stereocenters. The van der Waals surface area contributed by atoms with E-state index in [1.165, 1.54) is 7.11 Å². The molecule has 21 heavy (non-hydrogen) atoms. The monoisotopic (exact) mass is 321 g/mol. The highest BCUT2D eigenvalue weighted by Crippen LogP contribution is 2.33. The number of rotatable bonds is 7. The molecule has 0 heterocycles. The maximum absolute atomic E-state index is 12.5. The molecular formula is C11H19N3O6S. The molecule has 0 radical (unpaired) electrons. The molecule has 1 fully saturated rings. The van der Waals surface area contributed by atoms with E-state index in [-0.39, 0.29) is 6.42 Å². The Morgan fingerprint density at radius 1 is 1.14 bits per heavy atom. The highest BCUT2D eigenvalue weighted by Gasteiger charge is 2.45. The van der Waals surface area contributed by atoms with Gasteiger partial charge < -0.3 is 16.2 Å². The van der Waals surface area contributed by atoms with Crippen molar-refractivity contribution in [3.63, 3.8) is 0 Å². The average Bonchev–Trinajstić information content (AvgIpc) is 2.85. The number of ether oxygens (including phenoxy) is 1. The Kier molecular flexibility index (Phi) is 5.67. The lowest BCUT2D eigenvalue weighted by Gasteiger charge is -2.25. The Bertz CT molecular complexity index is 516. The van der Waals surface area contributed by atoms with Gasteiger partial charge in [-0.2, -0.15) is 4.31 Å². The molecule has 1 saturated carbocycles.